The van der Waals surface area contributed by atoms with Crippen molar-refractivity contribution >= 4 is 143 Å². The minimum atomic E-state index is -0.217. The Labute approximate surface area is 433 Å². The van der Waals surface area contributed by atoms with Crippen LogP contribution in [0.15, 0.2) is 188 Å². The van der Waals surface area contributed by atoms with Crippen molar-refractivity contribution < 1.29 is 14.2 Å². The summed E-state index contributed by atoms with van der Waals surface area (Å²) in [6.07, 6.45) is 2.16. The molecule has 0 spiro atoms. The third-order valence-corrected chi connectivity index (χ3v) is 17.2. The summed E-state index contributed by atoms with van der Waals surface area (Å²) in [4.78, 5) is 2.44. The van der Waals surface area contributed by atoms with E-state index < -0.39 is 0 Å². The number of ether oxygens (including phenoxy) is 3. The predicted octanol–water partition coefficient (Wildman–Crippen LogP) is 9.84. The van der Waals surface area contributed by atoms with E-state index in [4.69, 9.17) is 14.2 Å². The molecule has 0 atom stereocenters. The van der Waals surface area contributed by atoms with Crippen molar-refractivity contribution in [2.24, 2.45) is 0 Å². The van der Waals surface area contributed by atoms with Crippen LogP contribution in [-0.4, -0.2) is 31.0 Å². The van der Waals surface area contributed by atoms with Gasteiger partial charge in [-0.2, -0.15) is 0 Å². The molecule has 0 saturated carbocycles. The normalized spacial score (nSPS) is 14.2. The zero-order valence-corrected chi connectivity index (χ0v) is 41.4. The highest BCUT2D eigenvalue weighted by atomic mass is 32.2. The second-order valence-electron chi connectivity index (χ2n) is 20.6. The predicted molar refractivity (Wildman–Crippen MR) is 310 cm³/mol. The summed E-state index contributed by atoms with van der Waals surface area (Å²) < 4.78 is 26.3. The van der Waals surface area contributed by atoms with Gasteiger partial charge >= 0.3 is 0 Å². The highest BCUT2D eigenvalue weighted by molar-refractivity contribution is 8.00. The van der Waals surface area contributed by atoms with E-state index in [9.17, 15) is 0 Å². The minimum absolute atomic E-state index is 0.0352. The van der Waals surface area contributed by atoms with Crippen molar-refractivity contribution in [3.8, 4) is 40.2 Å². The number of nitrogens with zero attached hydrogens (tertiary/aromatic N) is 3. The van der Waals surface area contributed by atoms with E-state index in [-0.39, 0.29) is 20.1 Å². The maximum absolute atomic E-state index is 7.41. The van der Waals surface area contributed by atoms with Crippen molar-refractivity contribution in [1.82, 2.24) is 4.57 Å². The van der Waals surface area contributed by atoms with Crippen LogP contribution in [0.1, 0.15) is 11.1 Å². The summed E-state index contributed by atoms with van der Waals surface area (Å²) in [5.41, 5.74) is 24.2. The first-order valence-corrected chi connectivity index (χ1v) is 26.6. The molecule has 0 aliphatic carbocycles. The van der Waals surface area contributed by atoms with E-state index in [1.807, 2.05) is 0 Å². The van der Waals surface area contributed by atoms with Gasteiger partial charge in [0.1, 0.15) is 34.5 Å². The van der Waals surface area contributed by atoms with Gasteiger partial charge < -0.3 is 29.0 Å². The van der Waals surface area contributed by atoms with Crippen LogP contribution < -0.4 is 77.9 Å². The van der Waals surface area contributed by atoms with Crippen LogP contribution in [0.5, 0.6) is 34.5 Å². The molecule has 10 aromatic carbocycles. The third-order valence-electron chi connectivity index (χ3n) is 16.5. The van der Waals surface area contributed by atoms with Gasteiger partial charge in [0.25, 0.3) is 20.1 Å². The molecule has 0 unspecified atom stereocenters. The van der Waals surface area contributed by atoms with Crippen molar-refractivity contribution in [3.63, 3.8) is 0 Å². The maximum atomic E-state index is 7.41. The molecule has 346 valence electrons. The Kier molecular flexibility index (Phi) is 8.14. The molecular formula is C63H41B3N4O3S. The Balaban J connectivity index is 0.925. The molecular weight excluding hydrogens is 925 g/mol. The van der Waals surface area contributed by atoms with Crippen LogP contribution in [0.2, 0.25) is 0 Å². The molecule has 6 aliphatic rings. The Bertz CT molecular complexity index is 4300. The summed E-state index contributed by atoms with van der Waals surface area (Å²) >= 11 is 1.72. The maximum Gasteiger partial charge on any atom is 0.260 e. The number of fused-ring (bicyclic) bond motifs is 15. The fourth-order valence-corrected chi connectivity index (χ4v) is 14.3. The molecule has 17 rings (SSSR count). The summed E-state index contributed by atoms with van der Waals surface area (Å²) in [6, 6.07) is 68.8. The summed E-state index contributed by atoms with van der Waals surface area (Å²) in [5, 5.41) is 6.40. The van der Waals surface area contributed by atoms with Gasteiger partial charge in [0.2, 0.25) is 0 Å². The second-order valence-corrected chi connectivity index (χ2v) is 21.3. The number of nitrogens with one attached hydrogen (secondary N) is 1. The fourth-order valence-electron chi connectivity index (χ4n) is 13.6. The highest BCUT2D eigenvalue weighted by Crippen LogP contribution is 2.46. The number of para-hydroxylation sites is 5. The number of aromatic nitrogens is 1. The van der Waals surface area contributed by atoms with Crippen LogP contribution in [0.3, 0.4) is 0 Å². The number of rotatable bonds is 3. The smallest absolute Gasteiger partial charge is 0.260 e. The van der Waals surface area contributed by atoms with Crippen molar-refractivity contribution in [1.29, 1.82) is 0 Å². The summed E-state index contributed by atoms with van der Waals surface area (Å²) in [6.45, 7) is 4.05. The van der Waals surface area contributed by atoms with Gasteiger partial charge in [-0.25, -0.2) is 0 Å². The summed E-state index contributed by atoms with van der Waals surface area (Å²) in [7, 11) is 0. The van der Waals surface area contributed by atoms with Crippen LogP contribution in [-0.2, 0) is 0 Å². The lowest BCUT2D eigenvalue weighted by molar-refractivity contribution is 0.464. The number of benzene rings is 10. The number of hydrogen-bond acceptors (Lipinski definition) is 7. The lowest BCUT2D eigenvalue weighted by Gasteiger charge is -2.42. The van der Waals surface area contributed by atoms with Gasteiger partial charge in [-0.3, -0.25) is 4.31 Å². The molecule has 11 aromatic rings. The number of hydrogen-bond donors (Lipinski definition) is 1. The van der Waals surface area contributed by atoms with E-state index >= 15 is 0 Å². The van der Waals surface area contributed by atoms with Gasteiger partial charge in [-0.1, -0.05) is 103 Å². The van der Waals surface area contributed by atoms with Gasteiger partial charge in [-0.15, -0.1) is 0 Å². The van der Waals surface area contributed by atoms with E-state index in [1.54, 1.807) is 11.9 Å². The molecule has 0 fully saturated rings. The minimum Gasteiger partial charge on any atom is -0.458 e. The number of aryl methyl sites for hydroxylation is 2. The van der Waals surface area contributed by atoms with Crippen molar-refractivity contribution in [3.05, 3.63) is 199 Å². The average Bonchev–Trinajstić information content (AvgIpc) is 3.76. The molecule has 1 aromatic heterocycles. The van der Waals surface area contributed by atoms with Gasteiger partial charge in [-0.05, 0) is 141 Å². The monoisotopic (exact) mass is 966 g/mol. The average molecular weight is 967 g/mol. The van der Waals surface area contributed by atoms with Gasteiger partial charge in [0, 0.05) is 75.2 Å². The molecule has 0 amide bonds. The topological polar surface area (TPSA) is 51.1 Å². The van der Waals surface area contributed by atoms with E-state index in [1.165, 1.54) is 60.5 Å². The second kappa shape index (κ2) is 14.7. The molecule has 11 heteroatoms. The van der Waals surface area contributed by atoms with E-state index in [0.717, 1.165) is 102 Å². The standard InChI is InChI=1S/C63H41B3N4O3S/c1-35-25-48-61-53(26-35)68(37-15-5-4-6-16-37)51-23-13-9-19-41(51)64(61)43-31-45-56(33-47(43)67-48)72-59-29-38(69-49-21-11-7-17-39(49)40-18-8-12-22-50(40)69)30-60-63(59)66(45)46-32-44-52(34-57(46)73-60)70(74-3)54-27-36(2)28-58-62(54)65(44)42-20-10-14-24-55(42)71-58/h4-34,67H,1-3H3. The molecule has 0 saturated heterocycles. The molecule has 74 heavy (non-hydrogen) atoms. The summed E-state index contributed by atoms with van der Waals surface area (Å²) in [5.74, 6) is 5.08. The molecule has 0 bridgehead atoms. The quantitative estimate of drug-likeness (QED) is 0.140. The van der Waals surface area contributed by atoms with Crippen LogP contribution in [0, 0.1) is 13.8 Å². The zero-order chi connectivity index (χ0) is 48.7. The molecule has 0 radical (unpaired) electrons. The lowest BCUT2D eigenvalue weighted by atomic mass is 9.30. The van der Waals surface area contributed by atoms with Crippen molar-refractivity contribution in [2.45, 2.75) is 13.8 Å². The van der Waals surface area contributed by atoms with E-state index in [2.05, 4.69) is 227 Å². The third kappa shape index (κ3) is 5.41. The Morgan fingerprint density at radius 2 is 0.986 bits per heavy atom. The Morgan fingerprint density at radius 3 is 1.76 bits per heavy atom. The fraction of sp³-hybridized carbons (Fsp3) is 0.0476. The zero-order valence-electron chi connectivity index (χ0n) is 40.6. The first-order chi connectivity index (χ1) is 36.5. The van der Waals surface area contributed by atoms with Crippen LogP contribution in [0.4, 0.5) is 39.8 Å². The number of anilines is 7. The first-order valence-electron chi connectivity index (χ1n) is 25.4. The first kappa shape index (κ1) is 40.9. The molecule has 1 N–H and O–H groups in total. The molecule has 6 aliphatic heterocycles. The van der Waals surface area contributed by atoms with Crippen molar-refractivity contribution in [2.75, 3.05) is 20.8 Å². The molecule has 7 heterocycles. The molecule has 7 nitrogen and oxygen atoms in total. The lowest BCUT2D eigenvalue weighted by Crippen LogP contribution is -2.64. The van der Waals surface area contributed by atoms with Gasteiger partial charge in [0.15, 0.2) is 0 Å². The SMILES string of the molecule is CSN1c2cc3c(cc2B2c4ccccc4Oc4cc(C)cc1c42)B1c2cc4c(cc2Oc2cc(-n5c6ccccc6c6ccccc65)cc(c21)O3)Nc1cc(C)cc2c1B4c1ccccc1N2c1ccccc1. The van der Waals surface area contributed by atoms with Crippen LogP contribution >= 0.6 is 11.9 Å². The van der Waals surface area contributed by atoms with Crippen LogP contribution in [0.25, 0.3) is 27.5 Å². The largest absolute Gasteiger partial charge is 0.458 e. The van der Waals surface area contributed by atoms with E-state index in [0.29, 0.717) is 0 Å². The highest BCUT2D eigenvalue weighted by Gasteiger charge is 2.48. The Hall–Kier alpha value is -8.66. The Morgan fingerprint density at radius 1 is 0.392 bits per heavy atom. The van der Waals surface area contributed by atoms with Gasteiger partial charge in [0.05, 0.1) is 28.1 Å².